The van der Waals surface area contributed by atoms with Crippen LogP contribution in [0.4, 0.5) is 5.95 Å². The lowest BCUT2D eigenvalue weighted by Crippen LogP contribution is -2.16. The van der Waals surface area contributed by atoms with Crippen molar-refractivity contribution in [2.45, 2.75) is 16.7 Å². The molecule has 10 heteroatoms. The summed E-state index contributed by atoms with van der Waals surface area (Å²) in [7, 11) is -3.86. The standard InChI is InChI=1S/C25H19Cl2N5O2S/c26-18-8-6-16(7-9-18)11-30-25-31-12-17(13-32-25)23(35(33,34)20-4-2-1-3-5-20)22-15-29-24-21(22)10-19(27)14-28-24/h1-10,12-15,23H,11H2,(H,28,29)(H,30,31,32). The Bertz CT molecular complexity index is 1570. The van der Waals surface area contributed by atoms with E-state index < -0.39 is 15.1 Å². The molecule has 2 aromatic carbocycles. The van der Waals surface area contributed by atoms with Gasteiger partial charge in [-0.1, -0.05) is 53.5 Å². The summed E-state index contributed by atoms with van der Waals surface area (Å²) >= 11 is 12.1. The lowest BCUT2D eigenvalue weighted by molar-refractivity contribution is 0.589. The molecule has 1 atom stereocenters. The molecule has 0 aliphatic rings. The highest BCUT2D eigenvalue weighted by Crippen LogP contribution is 2.38. The van der Waals surface area contributed by atoms with E-state index in [-0.39, 0.29) is 4.90 Å². The Hall–Kier alpha value is -3.46. The Kier molecular flexibility index (Phi) is 6.42. The minimum Gasteiger partial charge on any atom is -0.350 e. The van der Waals surface area contributed by atoms with Crippen molar-refractivity contribution < 1.29 is 8.42 Å². The summed E-state index contributed by atoms with van der Waals surface area (Å²) in [6.45, 7) is 0.495. The third-order valence-corrected chi connectivity index (χ3v) is 8.07. The summed E-state index contributed by atoms with van der Waals surface area (Å²) in [4.78, 5) is 16.3. The number of hydrogen-bond donors (Lipinski definition) is 2. The van der Waals surface area contributed by atoms with Crippen molar-refractivity contribution in [3.63, 3.8) is 0 Å². The maximum absolute atomic E-state index is 13.8. The second-order valence-electron chi connectivity index (χ2n) is 7.85. The van der Waals surface area contributed by atoms with Gasteiger partial charge in [0.1, 0.15) is 10.9 Å². The molecule has 5 rings (SSSR count). The molecule has 0 spiro atoms. The first-order valence-corrected chi connectivity index (χ1v) is 12.9. The largest absolute Gasteiger partial charge is 0.350 e. The number of nitrogens with one attached hydrogen (secondary N) is 2. The first-order valence-electron chi connectivity index (χ1n) is 10.6. The number of benzene rings is 2. The first kappa shape index (κ1) is 23.3. The van der Waals surface area contributed by atoms with Crippen LogP contribution in [0.3, 0.4) is 0 Å². The fourth-order valence-electron chi connectivity index (χ4n) is 3.84. The highest BCUT2D eigenvalue weighted by molar-refractivity contribution is 7.92. The second-order valence-corrected chi connectivity index (χ2v) is 10.8. The Labute approximate surface area is 212 Å². The van der Waals surface area contributed by atoms with Crippen LogP contribution in [0.25, 0.3) is 11.0 Å². The monoisotopic (exact) mass is 523 g/mol. The van der Waals surface area contributed by atoms with E-state index >= 15 is 0 Å². The van der Waals surface area contributed by atoms with Crippen LogP contribution in [-0.2, 0) is 16.4 Å². The summed E-state index contributed by atoms with van der Waals surface area (Å²) in [5.74, 6) is 0.378. The van der Waals surface area contributed by atoms with E-state index in [0.717, 1.165) is 5.56 Å². The minimum absolute atomic E-state index is 0.194. The molecule has 0 saturated heterocycles. The normalized spacial score (nSPS) is 12.5. The molecule has 3 aromatic heterocycles. The number of sulfone groups is 1. The molecule has 1 unspecified atom stereocenters. The number of H-pyrrole nitrogens is 1. The van der Waals surface area contributed by atoms with Gasteiger partial charge in [-0.15, -0.1) is 0 Å². The van der Waals surface area contributed by atoms with Crippen molar-refractivity contribution in [3.05, 3.63) is 112 Å². The van der Waals surface area contributed by atoms with Crippen LogP contribution in [0, 0.1) is 0 Å². The summed E-state index contributed by atoms with van der Waals surface area (Å²) in [5.41, 5.74) is 2.49. The first-order chi connectivity index (χ1) is 16.9. The Morgan fingerprint density at radius 3 is 2.31 bits per heavy atom. The third-order valence-electron chi connectivity index (χ3n) is 5.53. The van der Waals surface area contributed by atoms with Gasteiger partial charge in [0.15, 0.2) is 9.84 Å². The SMILES string of the molecule is O=S(=O)(c1ccccc1)C(c1cnc(NCc2ccc(Cl)cc2)nc1)c1c[nH]c2ncc(Cl)cc12. The molecule has 0 saturated carbocycles. The Morgan fingerprint density at radius 1 is 0.886 bits per heavy atom. The van der Waals surface area contributed by atoms with Gasteiger partial charge in [-0.3, -0.25) is 0 Å². The molecular formula is C25H19Cl2N5O2S. The molecule has 7 nitrogen and oxygen atoms in total. The van der Waals surface area contributed by atoms with Crippen molar-refractivity contribution in [3.8, 4) is 0 Å². The smallest absolute Gasteiger partial charge is 0.222 e. The number of anilines is 1. The van der Waals surface area contributed by atoms with E-state index in [1.807, 2.05) is 24.3 Å². The molecule has 0 amide bonds. The summed E-state index contributed by atoms with van der Waals surface area (Å²) in [5, 5.41) is 3.76. The average Bonchev–Trinajstić information content (AvgIpc) is 3.27. The van der Waals surface area contributed by atoms with E-state index in [4.69, 9.17) is 23.2 Å². The van der Waals surface area contributed by atoms with Crippen LogP contribution < -0.4 is 5.32 Å². The zero-order chi connectivity index (χ0) is 24.4. The van der Waals surface area contributed by atoms with Crippen LogP contribution >= 0.6 is 23.2 Å². The van der Waals surface area contributed by atoms with Crippen LogP contribution in [0.15, 0.2) is 90.3 Å². The van der Waals surface area contributed by atoms with Crippen molar-refractivity contribution >= 4 is 50.0 Å². The quantitative estimate of drug-likeness (QED) is 0.278. The predicted molar refractivity (Wildman–Crippen MR) is 137 cm³/mol. The number of halogens is 2. The van der Waals surface area contributed by atoms with E-state index in [2.05, 4.69) is 25.3 Å². The number of pyridine rings is 1. The maximum Gasteiger partial charge on any atom is 0.222 e. The van der Waals surface area contributed by atoms with Gasteiger partial charge in [0.25, 0.3) is 0 Å². The van der Waals surface area contributed by atoms with Gasteiger partial charge in [0, 0.05) is 52.9 Å². The second kappa shape index (κ2) is 9.65. The molecule has 0 radical (unpaired) electrons. The highest BCUT2D eigenvalue weighted by Gasteiger charge is 2.33. The predicted octanol–water partition coefficient (Wildman–Crippen LogP) is 5.84. The number of aromatic amines is 1. The van der Waals surface area contributed by atoms with Gasteiger partial charge in [-0.05, 0) is 35.9 Å². The molecular weight excluding hydrogens is 505 g/mol. The van der Waals surface area contributed by atoms with Crippen molar-refractivity contribution in [1.82, 2.24) is 19.9 Å². The van der Waals surface area contributed by atoms with Crippen molar-refractivity contribution in [2.75, 3.05) is 5.32 Å². The number of hydrogen-bond acceptors (Lipinski definition) is 6. The third kappa shape index (κ3) is 4.86. The zero-order valence-electron chi connectivity index (χ0n) is 18.2. The van der Waals surface area contributed by atoms with Gasteiger partial charge in [-0.25, -0.2) is 23.4 Å². The highest BCUT2D eigenvalue weighted by atomic mass is 35.5. The fraction of sp³-hybridized carbons (Fsp3) is 0.0800. The summed E-state index contributed by atoms with van der Waals surface area (Å²) in [6, 6.07) is 17.4. The number of aromatic nitrogens is 4. The average molecular weight is 524 g/mol. The molecule has 5 aromatic rings. The lowest BCUT2D eigenvalue weighted by Gasteiger charge is -2.18. The maximum atomic E-state index is 13.8. The molecule has 176 valence electrons. The molecule has 0 aliphatic heterocycles. The van der Waals surface area contributed by atoms with Crippen LogP contribution in [0.5, 0.6) is 0 Å². The molecule has 3 heterocycles. The summed E-state index contributed by atoms with van der Waals surface area (Å²) < 4.78 is 27.7. The van der Waals surface area contributed by atoms with Gasteiger partial charge >= 0.3 is 0 Å². The van der Waals surface area contributed by atoms with E-state index in [1.54, 1.807) is 42.6 Å². The minimum atomic E-state index is -3.86. The van der Waals surface area contributed by atoms with Gasteiger partial charge < -0.3 is 10.3 Å². The number of nitrogens with zero attached hydrogens (tertiary/aromatic N) is 3. The molecule has 0 aliphatic carbocycles. The van der Waals surface area contributed by atoms with Crippen molar-refractivity contribution in [1.29, 1.82) is 0 Å². The zero-order valence-corrected chi connectivity index (χ0v) is 20.5. The Balaban J connectivity index is 1.53. The topological polar surface area (TPSA) is 101 Å². The van der Waals surface area contributed by atoms with Crippen molar-refractivity contribution in [2.24, 2.45) is 0 Å². The summed E-state index contributed by atoms with van der Waals surface area (Å²) in [6.07, 6.45) is 6.21. The molecule has 0 bridgehead atoms. The van der Waals surface area contributed by atoms with E-state index in [0.29, 0.717) is 44.7 Å². The molecule has 0 fully saturated rings. The Morgan fingerprint density at radius 2 is 1.60 bits per heavy atom. The van der Waals surface area contributed by atoms with E-state index in [9.17, 15) is 8.42 Å². The lowest BCUT2D eigenvalue weighted by atomic mass is 10.1. The van der Waals surface area contributed by atoms with Gasteiger partial charge in [0.2, 0.25) is 5.95 Å². The number of rotatable bonds is 7. The molecule has 2 N–H and O–H groups in total. The van der Waals surface area contributed by atoms with Gasteiger partial charge in [0.05, 0.1) is 9.92 Å². The number of fused-ring (bicyclic) bond motifs is 1. The van der Waals surface area contributed by atoms with E-state index in [1.165, 1.54) is 18.6 Å². The van der Waals surface area contributed by atoms with Crippen LogP contribution in [0.2, 0.25) is 10.0 Å². The van der Waals surface area contributed by atoms with Crippen LogP contribution in [-0.4, -0.2) is 28.4 Å². The van der Waals surface area contributed by atoms with Crippen LogP contribution in [0.1, 0.15) is 21.9 Å². The molecule has 35 heavy (non-hydrogen) atoms. The fourth-order valence-corrected chi connectivity index (χ4v) is 5.94. The van der Waals surface area contributed by atoms with Gasteiger partial charge in [-0.2, -0.15) is 0 Å².